The number of aryl methyl sites for hydroxylation is 6. The lowest BCUT2D eigenvalue weighted by Gasteiger charge is -2.30. The number of carbonyl (C=O) groups is 6. The fourth-order valence-corrected chi connectivity index (χ4v) is 11.0. The highest BCUT2D eigenvalue weighted by molar-refractivity contribution is 6.17. The summed E-state index contributed by atoms with van der Waals surface area (Å²) >= 11 is 5.63. The molecule has 2 N–H and O–H groups in total. The van der Waals surface area contributed by atoms with E-state index < -0.39 is 5.97 Å². The molecule has 12 rings (SSSR count). The number of carboxylic acids is 1. The van der Waals surface area contributed by atoms with E-state index in [1.54, 1.807) is 67.3 Å². The molecule has 0 atom stereocenters. The predicted octanol–water partition coefficient (Wildman–Crippen LogP) is 16.3. The van der Waals surface area contributed by atoms with Crippen LogP contribution in [0.5, 0.6) is 0 Å². The minimum atomic E-state index is -0.963. The molecule has 13 heteroatoms. The molecule has 0 unspecified atom stereocenters. The van der Waals surface area contributed by atoms with Crippen molar-refractivity contribution in [3.05, 3.63) is 267 Å². The summed E-state index contributed by atoms with van der Waals surface area (Å²) in [7, 11) is 0. The molecule has 3 amide bonds. The van der Waals surface area contributed by atoms with E-state index in [0.717, 1.165) is 75.3 Å². The maximum Gasteiger partial charge on any atom is 0.338 e. The number of benzene rings is 9. The standard InChI is InChI=1S/C26H25NO3.C24H21NO3.C16H15NO.C10H11ClO2/c1-3-30-26(29)23-6-4-5-19(15-23)17-27-24-13-11-21(16-22(24)12-14-25(27)28)20-9-7-18(2)8-10-20;1-16-5-7-18(8-6-16)19-9-11-22-20(14-19)10-12-23(26)25(22)15-17-3-2-4-21(13-17)24(27)28;1-11-2-4-12(5-3-11)13-6-8-15-14(10-13)7-9-16(18)17-15;1-2-13-10(12)9-5-3-4-8(6-9)7-11/h4-11,13,15-16H,3,12,14,17H2,1-2H3;2-9,11,13-14H,10,12,15H2,1H3,(H,27,28);2-6,8,10H,7,9H2,1H3,(H,17,18);3-6H,2,7H2,1H3. The second-order valence-electron chi connectivity index (χ2n) is 22.1. The number of esters is 2. The molecule has 3 aliphatic rings. The van der Waals surface area contributed by atoms with Gasteiger partial charge in [-0.05, 0) is 193 Å². The molecule has 0 aliphatic carbocycles. The van der Waals surface area contributed by atoms with Gasteiger partial charge < -0.3 is 29.7 Å². The highest BCUT2D eigenvalue weighted by atomic mass is 35.5. The van der Waals surface area contributed by atoms with Crippen LogP contribution in [0.25, 0.3) is 33.4 Å². The number of ether oxygens (including phenoxy) is 2. The van der Waals surface area contributed by atoms with Crippen molar-refractivity contribution in [2.45, 2.75) is 92.1 Å². The lowest BCUT2D eigenvalue weighted by atomic mass is 9.95. The molecule has 0 radical (unpaired) electrons. The molecule has 0 fully saturated rings. The highest BCUT2D eigenvalue weighted by Crippen LogP contribution is 2.36. The number of nitrogens with one attached hydrogen (secondary N) is 1. The van der Waals surface area contributed by atoms with Crippen molar-refractivity contribution in [1.29, 1.82) is 0 Å². The number of hydrogen-bond donors (Lipinski definition) is 2. The van der Waals surface area contributed by atoms with E-state index in [-0.39, 0.29) is 35.2 Å². The number of aromatic carboxylic acids is 1. The molecule has 0 saturated carbocycles. The van der Waals surface area contributed by atoms with Gasteiger partial charge in [0, 0.05) is 42.2 Å². The van der Waals surface area contributed by atoms with Crippen LogP contribution < -0.4 is 15.1 Å². The first kappa shape index (κ1) is 63.6. The smallest absolute Gasteiger partial charge is 0.338 e. The van der Waals surface area contributed by atoms with Crippen LogP contribution >= 0.6 is 11.6 Å². The molecule has 9 aromatic carbocycles. The van der Waals surface area contributed by atoms with Crippen molar-refractivity contribution in [1.82, 2.24) is 0 Å². The monoisotopic (exact) mass is 1210 g/mol. The van der Waals surface area contributed by atoms with Gasteiger partial charge in [0.25, 0.3) is 0 Å². The van der Waals surface area contributed by atoms with Crippen molar-refractivity contribution in [3.63, 3.8) is 0 Å². The average Bonchev–Trinajstić information content (AvgIpc) is 2.59. The van der Waals surface area contributed by atoms with Gasteiger partial charge in [0.15, 0.2) is 0 Å². The Morgan fingerprint density at radius 2 is 0.809 bits per heavy atom. The summed E-state index contributed by atoms with van der Waals surface area (Å²) in [6.45, 7) is 11.3. The number of amides is 3. The Bertz CT molecular complexity index is 4030. The molecule has 9 aromatic rings. The number of fused-ring (bicyclic) bond motifs is 3. The largest absolute Gasteiger partial charge is 0.478 e. The van der Waals surface area contributed by atoms with Crippen LogP contribution in [0, 0.1) is 20.8 Å². The van der Waals surface area contributed by atoms with Gasteiger partial charge in [-0.15, -0.1) is 11.6 Å². The minimum Gasteiger partial charge on any atom is -0.478 e. The van der Waals surface area contributed by atoms with E-state index in [1.165, 1.54) is 44.5 Å². The van der Waals surface area contributed by atoms with E-state index >= 15 is 0 Å². The van der Waals surface area contributed by atoms with Crippen LogP contribution in [0.2, 0.25) is 0 Å². The summed E-state index contributed by atoms with van der Waals surface area (Å²) in [5, 5.41) is 12.1. The second kappa shape index (κ2) is 30.1. The van der Waals surface area contributed by atoms with Gasteiger partial charge >= 0.3 is 17.9 Å². The van der Waals surface area contributed by atoms with Crippen molar-refractivity contribution in [3.8, 4) is 33.4 Å². The molecule has 0 bridgehead atoms. The van der Waals surface area contributed by atoms with E-state index in [1.807, 2.05) is 53.4 Å². The zero-order valence-corrected chi connectivity index (χ0v) is 51.6. The number of anilines is 3. The Kier molecular flexibility index (Phi) is 21.5. The fourth-order valence-electron chi connectivity index (χ4n) is 10.8. The lowest BCUT2D eigenvalue weighted by molar-refractivity contribution is -0.119. The third kappa shape index (κ3) is 16.8. The normalized spacial score (nSPS) is 12.9. The number of carboxylic acid groups (broad SMARTS) is 1. The quantitative estimate of drug-likeness (QED) is 0.0846. The summed E-state index contributed by atoms with van der Waals surface area (Å²) in [5.74, 6) is -0.904. The van der Waals surface area contributed by atoms with Crippen molar-refractivity contribution in [2.24, 2.45) is 0 Å². The Balaban J connectivity index is 0.000000147. The molecule has 3 aliphatic heterocycles. The second-order valence-corrected chi connectivity index (χ2v) is 22.4. The molecule has 0 spiro atoms. The van der Waals surface area contributed by atoms with Crippen LogP contribution in [-0.4, -0.2) is 53.9 Å². The molecule has 12 nitrogen and oxygen atoms in total. The number of alkyl halides is 1. The highest BCUT2D eigenvalue weighted by Gasteiger charge is 2.27. The van der Waals surface area contributed by atoms with Gasteiger partial charge in [-0.2, -0.15) is 0 Å². The van der Waals surface area contributed by atoms with Crippen LogP contribution in [0.3, 0.4) is 0 Å². The van der Waals surface area contributed by atoms with Crippen LogP contribution in [0.4, 0.5) is 17.1 Å². The van der Waals surface area contributed by atoms with Gasteiger partial charge in [-0.25, -0.2) is 14.4 Å². The first-order chi connectivity index (χ1) is 43.0. The number of rotatable bonds is 13. The maximum atomic E-state index is 12.7. The lowest BCUT2D eigenvalue weighted by Crippen LogP contribution is -2.34. The van der Waals surface area contributed by atoms with E-state index in [4.69, 9.17) is 21.1 Å². The zero-order chi connectivity index (χ0) is 63.0. The summed E-state index contributed by atoms with van der Waals surface area (Å²) in [5.41, 5.74) is 21.1. The van der Waals surface area contributed by atoms with Gasteiger partial charge in [-0.1, -0.05) is 144 Å². The predicted molar refractivity (Wildman–Crippen MR) is 354 cm³/mol. The molecule has 0 aromatic heterocycles. The van der Waals surface area contributed by atoms with Crippen molar-refractivity contribution in [2.75, 3.05) is 28.3 Å². The van der Waals surface area contributed by atoms with Crippen molar-refractivity contribution >= 4 is 64.3 Å². The first-order valence-electron chi connectivity index (χ1n) is 30.0. The molecule has 452 valence electrons. The Morgan fingerprint density at radius 3 is 1.24 bits per heavy atom. The molecule has 3 heterocycles. The SMILES string of the molecule is CCOC(=O)c1cccc(CCl)c1.CCOC(=O)c1cccc(CN2C(=O)CCc3cc(-c4ccc(C)cc4)ccc32)c1.Cc1ccc(-c2ccc3c(c2)CCC(=O)N3)cc1.Cc1ccc(-c2ccc3c(c2)CCC(=O)N3Cc2cccc(C(=O)O)c2)cc1. The summed E-state index contributed by atoms with van der Waals surface area (Å²) < 4.78 is 9.94. The number of hydrogen-bond acceptors (Lipinski definition) is 8. The van der Waals surface area contributed by atoms with Gasteiger partial charge in [0.05, 0.1) is 43.0 Å². The molecular formula is C76H72ClN3O9. The fraction of sp³-hybridized carbons (Fsp3) is 0.211. The number of nitrogens with zero attached hydrogens (tertiary/aromatic N) is 2. The number of carbonyl (C=O) groups excluding carboxylic acids is 5. The Hall–Kier alpha value is -9.91. The Labute approximate surface area is 525 Å². The number of halogens is 1. The Morgan fingerprint density at radius 1 is 0.438 bits per heavy atom. The summed E-state index contributed by atoms with van der Waals surface area (Å²) in [6, 6.07) is 65.4. The molecule has 0 saturated heterocycles. The zero-order valence-electron chi connectivity index (χ0n) is 50.8. The van der Waals surface area contributed by atoms with Crippen molar-refractivity contribution < 1.29 is 43.3 Å². The molecule has 89 heavy (non-hydrogen) atoms. The van der Waals surface area contributed by atoms with Gasteiger partial charge in [0.2, 0.25) is 17.7 Å². The van der Waals surface area contributed by atoms with Gasteiger partial charge in [-0.3, -0.25) is 14.4 Å². The minimum absolute atomic E-state index is 0.0660. The third-order valence-electron chi connectivity index (χ3n) is 15.6. The van der Waals surface area contributed by atoms with Gasteiger partial charge in [0.1, 0.15) is 0 Å². The maximum absolute atomic E-state index is 12.7. The summed E-state index contributed by atoms with van der Waals surface area (Å²) in [4.78, 5) is 74.7. The van der Waals surface area contributed by atoms with E-state index in [2.05, 4.69) is 129 Å². The molecular weight excluding hydrogens is 1130 g/mol. The van der Waals surface area contributed by atoms with Crippen LogP contribution in [-0.2, 0) is 62.1 Å². The topological polar surface area (TPSA) is 160 Å². The van der Waals surface area contributed by atoms with Crippen LogP contribution in [0.1, 0.15) is 114 Å². The van der Waals surface area contributed by atoms with E-state index in [9.17, 15) is 33.9 Å². The van der Waals surface area contributed by atoms with Crippen LogP contribution in [0.15, 0.2) is 200 Å². The average molecular weight is 1210 g/mol. The summed E-state index contributed by atoms with van der Waals surface area (Å²) in [6.07, 6.45) is 3.84. The van der Waals surface area contributed by atoms with E-state index in [0.29, 0.717) is 62.6 Å². The third-order valence-corrected chi connectivity index (χ3v) is 15.9. The first-order valence-corrected chi connectivity index (χ1v) is 30.5.